The Labute approximate surface area is 259 Å². The van der Waals surface area contributed by atoms with Gasteiger partial charge in [0.25, 0.3) is 0 Å². The minimum absolute atomic E-state index is 0.234. The number of nitrogens with zero attached hydrogens (tertiary/aromatic N) is 2. The van der Waals surface area contributed by atoms with E-state index in [2.05, 4.69) is 25.8 Å². The second-order valence-electron chi connectivity index (χ2n) is 8.77. The molecule has 0 aromatic heterocycles. The van der Waals surface area contributed by atoms with Gasteiger partial charge in [-0.2, -0.15) is 0 Å². The Morgan fingerprint density at radius 1 is 1.05 bits per heavy atom. The zero-order chi connectivity index (χ0) is 33.4. The lowest BCUT2D eigenvalue weighted by atomic mass is 10.0. The molecular weight excluding hydrogens is 539 g/mol. The van der Waals surface area contributed by atoms with Crippen molar-refractivity contribution in [1.82, 2.24) is 9.80 Å². The van der Waals surface area contributed by atoms with Gasteiger partial charge in [-0.15, -0.1) is 11.8 Å². The lowest BCUT2D eigenvalue weighted by Crippen LogP contribution is -2.47. The van der Waals surface area contributed by atoms with Crippen LogP contribution in [0.1, 0.15) is 116 Å². The molecule has 2 rings (SSSR count). The summed E-state index contributed by atoms with van der Waals surface area (Å²) >= 11 is 1.38. The molecule has 1 heterocycles. The number of carbonyl (C=O) groups is 2. The van der Waals surface area contributed by atoms with Gasteiger partial charge in [0.2, 0.25) is 0 Å². The topological polar surface area (TPSA) is 59.1 Å². The Hall–Kier alpha value is -1.80. The highest BCUT2D eigenvalue weighted by Crippen LogP contribution is 2.24. The van der Waals surface area contributed by atoms with Crippen molar-refractivity contribution < 1.29 is 23.5 Å². The van der Waals surface area contributed by atoms with E-state index in [9.17, 15) is 9.18 Å². The number of rotatable bonds is 6. The van der Waals surface area contributed by atoms with Gasteiger partial charge >= 0.3 is 6.09 Å². The van der Waals surface area contributed by atoms with Gasteiger partial charge in [0.15, 0.2) is 0 Å². The molecule has 0 spiro atoms. The molecule has 0 N–H and O–H groups in total. The molecule has 1 aliphatic rings. The summed E-state index contributed by atoms with van der Waals surface area (Å²) in [5, 5.41) is 0. The van der Waals surface area contributed by atoms with Crippen LogP contribution in [-0.4, -0.2) is 73.4 Å². The third-order valence-electron chi connectivity index (χ3n) is 4.58. The zero-order valence-electron chi connectivity index (χ0n) is 29.7. The van der Waals surface area contributed by atoms with E-state index in [4.69, 9.17) is 14.3 Å². The third-order valence-corrected chi connectivity index (χ3v) is 5.35. The quantitative estimate of drug-likeness (QED) is 0.237. The fraction of sp³-hybridized carbons (Fsp3) is 0.758. The number of aldehydes is 1. The van der Waals surface area contributed by atoms with Crippen molar-refractivity contribution in [3.63, 3.8) is 0 Å². The first-order valence-corrected chi connectivity index (χ1v) is 16.8. The summed E-state index contributed by atoms with van der Waals surface area (Å²) in [5.41, 5.74) is -0.463. The van der Waals surface area contributed by atoms with Crippen LogP contribution in [0.2, 0.25) is 0 Å². The molecule has 1 fully saturated rings. The van der Waals surface area contributed by atoms with Crippen molar-refractivity contribution in [3.05, 3.63) is 24.0 Å². The molecule has 0 radical (unpaired) electrons. The molecule has 0 atom stereocenters. The van der Waals surface area contributed by atoms with E-state index in [1.54, 1.807) is 17.0 Å². The van der Waals surface area contributed by atoms with Crippen LogP contribution in [0.15, 0.2) is 23.1 Å². The summed E-state index contributed by atoms with van der Waals surface area (Å²) < 4.78 is 24.9. The minimum Gasteiger partial charge on any atom is -0.492 e. The summed E-state index contributed by atoms with van der Waals surface area (Å²) in [6.45, 7) is 30.0. The predicted octanol–water partition coefficient (Wildman–Crippen LogP) is 9.98. The van der Waals surface area contributed by atoms with Crippen molar-refractivity contribution in [2.75, 3.05) is 39.5 Å². The van der Waals surface area contributed by atoms with Crippen LogP contribution in [0.4, 0.5) is 9.18 Å². The number of likely N-dealkylation sites (N-methyl/N-ethyl adjacent to an activating group) is 1. The predicted molar refractivity (Wildman–Crippen MR) is 180 cm³/mol. The highest BCUT2D eigenvalue weighted by Gasteiger charge is 2.28. The standard InChI is InChI=1S/C20H31FN2O3S.C3H8.C2H4O.4C2H6/c1-20(2,3)26-19(24)23-10-8-15(9-11-23)22(4)12-13-25-16-6-7-18(27-5)17(21)14-16;1-3-2;1-2-3;4*1-2/h6-7,14-15H,8-13H2,1-5H3;3H2,1-2H3;2H,1H3;4*1-2H3. The van der Waals surface area contributed by atoms with Crippen LogP contribution >= 0.6 is 11.8 Å². The molecule has 1 aliphatic heterocycles. The molecule has 1 amide bonds. The van der Waals surface area contributed by atoms with Crippen LogP contribution in [0, 0.1) is 5.82 Å². The highest BCUT2D eigenvalue weighted by molar-refractivity contribution is 7.98. The Morgan fingerprint density at radius 2 is 1.49 bits per heavy atom. The Kier molecular flexibility index (Phi) is 41.0. The second-order valence-corrected chi connectivity index (χ2v) is 9.61. The van der Waals surface area contributed by atoms with Crippen LogP contribution < -0.4 is 4.74 Å². The summed E-state index contributed by atoms with van der Waals surface area (Å²) in [4.78, 5) is 25.6. The van der Waals surface area contributed by atoms with Gasteiger partial charge in [0.1, 0.15) is 30.1 Å². The van der Waals surface area contributed by atoms with E-state index in [1.165, 1.54) is 31.2 Å². The number of likely N-dealkylation sites (tertiary alicyclic amines) is 1. The first-order chi connectivity index (χ1) is 19.5. The number of amides is 1. The molecule has 246 valence electrons. The molecule has 8 heteroatoms. The van der Waals surface area contributed by atoms with Crippen LogP contribution in [0.3, 0.4) is 0 Å². The number of carbonyl (C=O) groups excluding carboxylic acids is 2. The molecule has 0 bridgehead atoms. The molecule has 1 aromatic rings. The Balaban J connectivity index is -0.000000265. The SMILES string of the molecule is CC.CC.CC.CC.CC=O.CCC.CSc1ccc(OCCN(C)C2CCN(C(=O)OC(C)(C)C)CC2)cc1F. The van der Waals surface area contributed by atoms with Gasteiger partial charge in [0.05, 0.1) is 0 Å². The first-order valence-electron chi connectivity index (χ1n) is 15.6. The molecular formula is C33H67FN2O4S. The maximum absolute atomic E-state index is 13.8. The first kappa shape index (κ1) is 48.9. The average molecular weight is 607 g/mol. The minimum atomic E-state index is -0.463. The van der Waals surface area contributed by atoms with Gasteiger partial charge < -0.3 is 19.2 Å². The van der Waals surface area contributed by atoms with Crippen molar-refractivity contribution >= 4 is 24.1 Å². The Bertz CT molecular complexity index is 692. The van der Waals surface area contributed by atoms with E-state index in [0.717, 1.165) is 25.7 Å². The molecule has 1 aromatic carbocycles. The van der Waals surface area contributed by atoms with Crippen LogP contribution in [0.25, 0.3) is 0 Å². The van der Waals surface area contributed by atoms with Gasteiger partial charge in [0, 0.05) is 36.6 Å². The molecule has 41 heavy (non-hydrogen) atoms. The average Bonchev–Trinajstić information content (AvgIpc) is 2.97. The van der Waals surface area contributed by atoms with Gasteiger partial charge in [-0.3, -0.25) is 4.90 Å². The van der Waals surface area contributed by atoms with Gasteiger partial charge in [-0.1, -0.05) is 75.7 Å². The van der Waals surface area contributed by atoms with Gasteiger partial charge in [-0.05, 0) is 66.0 Å². The van der Waals surface area contributed by atoms with Crippen molar-refractivity contribution in [2.24, 2.45) is 0 Å². The maximum atomic E-state index is 13.8. The lowest BCUT2D eigenvalue weighted by Gasteiger charge is -2.37. The van der Waals surface area contributed by atoms with Crippen LogP contribution in [0.5, 0.6) is 5.75 Å². The molecule has 6 nitrogen and oxygen atoms in total. The Morgan fingerprint density at radius 3 is 1.85 bits per heavy atom. The monoisotopic (exact) mass is 606 g/mol. The summed E-state index contributed by atoms with van der Waals surface area (Å²) in [7, 11) is 2.06. The fourth-order valence-electron chi connectivity index (χ4n) is 3.04. The summed E-state index contributed by atoms with van der Waals surface area (Å²) in [5.74, 6) is 0.307. The molecule has 0 aliphatic carbocycles. The number of hydrogen-bond donors (Lipinski definition) is 0. The number of piperidine rings is 1. The third kappa shape index (κ3) is 28.1. The number of thioether (sulfide) groups is 1. The number of hydrogen-bond acceptors (Lipinski definition) is 6. The fourth-order valence-corrected chi connectivity index (χ4v) is 3.50. The van der Waals surface area contributed by atoms with Crippen molar-refractivity contribution in [1.29, 1.82) is 0 Å². The van der Waals surface area contributed by atoms with E-state index < -0.39 is 5.60 Å². The summed E-state index contributed by atoms with van der Waals surface area (Å²) in [6.07, 6.45) is 5.43. The lowest BCUT2D eigenvalue weighted by molar-refractivity contribution is -0.106. The van der Waals surface area contributed by atoms with E-state index in [0.29, 0.717) is 36.4 Å². The largest absolute Gasteiger partial charge is 0.492 e. The van der Waals surface area contributed by atoms with Crippen molar-refractivity contribution in [3.8, 4) is 5.75 Å². The van der Waals surface area contributed by atoms with E-state index in [-0.39, 0.29) is 11.9 Å². The van der Waals surface area contributed by atoms with Crippen LogP contribution in [-0.2, 0) is 9.53 Å². The molecule has 0 unspecified atom stereocenters. The molecule has 0 saturated carbocycles. The van der Waals surface area contributed by atoms with Crippen molar-refractivity contribution in [2.45, 2.75) is 133 Å². The highest BCUT2D eigenvalue weighted by atomic mass is 32.2. The number of benzene rings is 1. The van der Waals surface area contributed by atoms with E-state index >= 15 is 0 Å². The number of halogens is 1. The number of ether oxygens (including phenoxy) is 2. The van der Waals surface area contributed by atoms with Gasteiger partial charge in [-0.25, -0.2) is 9.18 Å². The molecule has 1 saturated heterocycles. The summed E-state index contributed by atoms with van der Waals surface area (Å²) in [6, 6.07) is 5.38. The smallest absolute Gasteiger partial charge is 0.410 e. The normalized spacial score (nSPS) is 11.8. The van der Waals surface area contributed by atoms with E-state index in [1.807, 2.05) is 82.4 Å². The maximum Gasteiger partial charge on any atom is 0.410 e. The zero-order valence-corrected chi connectivity index (χ0v) is 30.5. The second kappa shape index (κ2) is 34.4.